The average Bonchev–Trinajstić information content (AvgIpc) is 2.62. The molecule has 1 saturated heterocycles. The number of hydrogen-bond acceptors (Lipinski definition) is 5. The highest BCUT2D eigenvalue weighted by atomic mass is 19.4. The quantitative estimate of drug-likeness (QED) is 0.854. The maximum Gasteiger partial charge on any atom is 0.416 e. The Morgan fingerprint density at radius 1 is 1.00 bits per heavy atom. The van der Waals surface area contributed by atoms with E-state index in [2.05, 4.69) is 14.9 Å². The zero-order chi connectivity index (χ0) is 17.9. The molecule has 1 aliphatic rings. The molecule has 130 valence electrons. The first-order valence-electron chi connectivity index (χ1n) is 7.82. The van der Waals surface area contributed by atoms with E-state index in [1.165, 1.54) is 18.3 Å². The molecule has 0 unspecified atom stereocenters. The Bertz CT molecular complexity index is 759. The third-order valence-corrected chi connectivity index (χ3v) is 4.14. The van der Waals surface area contributed by atoms with Gasteiger partial charge in [0.2, 0.25) is 0 Å². The topological polar surface area (TPSA) is 56.1 Å². The fraction of sp³-hybridized carbons (Fsp3) is 0.353. The molecule has 0 saturated carbocycles. The number of rotatable bonds is 3. The van der Waals surface area contributed by atoms with Crippen molar-refractivity contribution in [3.05, 3.63) is 53.5 Å². The van der Waals surface area contributed by atoms with E-state index in [-0.39, 0.29) is 0 Å². The average molecular weight is 347 g/mol. The zero-order valence-corrected chi connectivity index (χ0v) is 13.4. The lowest BCUT2D eigenvalue weighted by Gasteiger charge is -2.35. The van der Waals surface area contributed by atoms with Crippen molar-refractivity contribution >= 4 is 5.82 Å². The minimum atomic E-state index is -4.31. The summed E-state index contributed by atoms with van der Waals surface area (Å²) in [5.41, 5.74) is 0.519. The fourth-order valence-corrected chi connectivity index (χ4v) is 2.82. The van der Waals surface area contributed by atoms with Gasteiger partial charge in [-0.1, -0.05) is 12.1 Å². The van der Waals surface area contributed by atoms with Gasteiger partial charge in [-0.3, -0.25) is 4.90 Å². The van der Waals surface area contributed by atoms with Gasteiger partial charge in [0.25, 0.3) is 0 Å². The Morgan fingerprint density at radius 2 is 1.64 bits per heavy atom. The van der Waals surface area contributed by atoms with Crippen LogP contribution in [0.25, 0.3) is 0 Å². The molecule has 8 heteroatoms. The van der Waals surface area contributed by atoms with E-state index in [4.69, 9.17) is 5.26 Å². The smallest absolute Gasteiger partial charge is 0.352 e. The van der Waals surface area contributed by atoms with Gasteiger partial charge in [-0.15, -0.1) is 0 Å². The first kappa shape index (κ1) is 17.2. The molecule has 5 nitrogen and oxygen atoms in total. The van der Waals surface area contributed by atoms with E-state index >= 15 is 0 Å². The predicted octanol–water partition coefficient (Wildman–Crippen LogP) is 2.69. The minimum Gasteiger partial charge on any atom is -0.352 e. The van der Waals surface area contributed by atoms with Crippen molar-refractivity contribution in [3.63, 3.8) is 0 Å². The van der Waals surface area contributed by atoms with Crippen LogP contribution in [0.2, 0.25) is 0 Å². The summed E-state index contributed by atoms with van der Waals surface area (Å²) in [6, 6.07) is 7.31. The van der Waals surface area contributed by atoms with E-state index in [0.29, 0.717) is 31.1 Å². The summed E-state index contributed by atoms with van der Waals surface area (Å²) in [7, 11) is 0. The molecule has 0 atom stereocenters. The fourth-order valence-electron chi connectivity index (χ4n) is 2.82. The van der Waals surface area contributed by atoms with Crippen LogP contribution in [0.5, 0.6) is 0 Å². The van der Waals surface area contributed by atoms with E-state index < -0.39 is 11.7 Å². The lowest BCUT2D eigenvalue weighted by molar-refractivity contribution is -0.137. The molecular weight excluding hydrogens is 331 g/mol. The maximum atomic E-state index is 12.6. The Morgan fingerprint density at radius 3 is 2.24 bits per heavy atom. The van der Waals surface area contributed by atoms with Crippen LogP contribution in [0.15, 0.2) is 36.7 Å². The second-order valence-corrected chi connectivity index (χ2v) is 5.80. The number of alkyl halides is 3. The molecule has 1 aromatic carbocycles. The summed E-state index contributed by atoms with van der Waals surface area (Å²) in [6.07, 6.45) is -1.26. The van der Waals surface area contributed by atoms with Gasteiger partial charge in [0.1, 0.15) is 6.07 Å². The summed E-state index contributed by atoms with van der Waals surface area (Å²) >= 11 is 0. The first-order chi connectivity index (χ1) is 12.0. The minimum absolute atomic E-state index is 0.304. The molecule has 0 amide bonds. The van der Waals surface area contributed by atoms with Crippen LogP contribution < -0.4 is 4.90 Å². The zero-order valence-electron chi connectivity index (χ0n) is 13.4. The molecule has 0 spiro atoms. The number of anilines is 1. The lowest BCUT2D eigenvalue weighted by atomic mass is 10.1. The largest absolute Gasteiger partial charge is 0.416 e. The van der Waals surface area contributed by atoms with E-state index in [1.54, 1.807) is 6.20 Å². The Kier molecular flexibility index (Phi) is 4.86. The third kappa shape index (κ3) is 4.06. The van der Waals surface area contributed by atoms with Gasteiger partial charge in [0.15, 0.2) is 11.5 Å². The number of piperazine rings is 1. The van der Waals surface area contributed by atoms with Gasteiger partial charge >= 0.3 is 6.18 Å². The van der Waals surface area contributed by atoms with Crippen molar-refractivity contribution in [1.29, 1.82) is 5.26 Å². The van der Waals surface area contributed by atoms with Gasteiger partial charge in [-0.25, -0.2) is 9.97 Å². The van der Waals surface area contributed by atoms with Crippen molar-refractivity contribution in [2.75, 3.05) is 31.1 Å². The van der Waals surface area contributed by atoms with Gasteiger partial charge in [-0.05, 0) is 17.7 Å². The Hall–Kier alpha value is -2.66. The van der Waals surface area contributed by atoms with Gasteiger partial charge < -0.3 is 4.90 Å². The van der Waals surface area contributed by atoms with Gasteiger partial charge in [0.05, 0.1) is 5.56 Å². The van der Waals surface area contributed by atoms with Crippen LogP contribution in [-0.2, 0) is 12.7 Å². The Labute approximate surface area is 143 Å². The van der Waals surface area contributed by atoms with Crippen molar-refractivity contribution in [2.45, 2.75) is 12.7 Å². The summed E-state index contributed by atoms with van der Waals surface area (Å²) in [4.78, 5) is 12.4. The van der Waals surface area contributed by atoms with Crippen molar-refractivity contribution in [1.82, 2.24) is 14.9 Å². The molecule has 1 aromatic heterocycles. The first-order valence-corrected chi connectivity index (χ1v) is 7.82. The molecular formula is C17H16F3N5. The highest BCUT2D eigenvalue weighted by Crippen LogP contribution is 2.29. The van der Waals surface area contributed by atoms with Crippen molar-refractivity contribution in [2.24, 2.45) is 0 Å². The predicted molar refractivity (Wildman–Crippen MR) is 85.7 cm³/mol. The van der Waals surface area contributed by atoms with Crippen LogP contribution in [0, 0.1) is 11.3 Å². The summed E-state index contributed by atoms with van der Waals surface area (Å²) in [5.74, 6) is 0.583. The van der Waals surface area contributed by atoms with Crippen molar-refractivity contribution < 1.29 is 13.2 Å². The molecule has 0 bridgehead atoms. The van der Waals surface area contributed by atoms with Crippen molar-refractivity contribution in [3.8, 4) is 6.07 Å². The van der Waals surface area contributed by atoms with E-state index in [0.717, 1.165) is 30.8 Å². The number of benzene rings is 1. The third-order valence-electron chi connectivity index (χ3n) is 4.14. The van der Waals surface area contributed by atoms with Crippen LogP contribution in [-0.4, -0.2) is 41.0 Å². The molecule has 1 aliphatic heterocycles. The lowest BCUT2D eigenvalue weighted by Crippen LogP contribution is -2.46. The molecule has 2 heterocycles. The molecule has 25 heavy (non-hydrogen) atoms. The Balaban J connectivity index is 1.59. The van der Waals surface area contributed by atoms with Crippen LogP contribution in [0.3, 0.4) is 0 Å². The van der Waals surface area contributed by atoms with Gasteiger partial charge in [0, 0.05) is 45.1 Å². The molecule has 3 rings (SSSR count). The monoisotopic (exact) mass is 347 g/mol. The van der Waals surface area contributed by atoms with E-state index in [1.807, 2.05) is 11.0 Å². The maximum absolute atomic E-state index is 12.6. The highest BCUT2D eigenvalue weighted by molar-refractivity contribution is 5.49. The molecule has 0 N–H and O–H groups in total. The second-order valence-electron chi connectivity index (χ2n) is 5.80. The number of nitriles is 1. The summed E-state index contributed by atoms with van der Waals surface area (Å²) in [6.45, 7) is 3.45. The van der Waals surface area contributed by atoms with Crippen LogP contribution in [0.1, 0.15) is 16.8 Å². The standard InChI is InChI=1S/C17H16F3N5/c18-17(19,20)14-3-1-13(2-4-14)12-24-7-9-25(10-8-24)16-15(11-21)22-5-6-23-16/h1-6H,7-10,12H2. The van der Waals surface area contributed by atoms with Gasteiger partial charge in [-0.2, -0.15) is 18.4 Å². The normalized spacial score (nSPS) is 15.8. The molecule has 2 aromatic rings. The molecule has 0 aliphatic carbocycles. The number of aromatic nitrogens is 2. The summed E-state index contributed by atoms with van der Waals surface area (Å²) in [5, 5.41) is 9.11. The molecule has 1 fully saturated rings. The number of halogens is 3. The highest BCUT2D eigenvalue weighted by Gasteiger charge is 2.30. The molecule has 0 radical (unpaired) electrons. The van der Waals surface area contributed by atoms with Crippen LogP contribution >= 0.6 is 0 Å². The number of nitrogens with zero attached hydrogens (tertiary/aromatic N) is 5. The van der Waals surface area contributed by atoms with Crippen LogP contribution in [0.4, 0.5) is 19.0 Å². The summed E-state index contributed by atoms with van der Waals surface area (Å²) < 4.78 is 37.8. The number of hydrogen-bond donors (Lipinski definition) is 0. The van der Waals surface area contributed by atoms with E-state index in [9.17, 15) is 13.2 Å². The second kappa shape index (κ2) is 7.07. The SMILES string of the molecule is N#Cc1nccnc1N1CCN(Cc2ccc(C(F)(F)F)cc2)CC1.